The summed E-state index contributed by atoms with van der Waals surface area (Å²) in [5, 5.41) is 7.50. The smallest absolute Gasteiger partial charge is 0.187 e. The zero-order valence-electron chi connectivity index (χ0n) is 18.0. The summed E-state index contributed by atoms with van der Waals surface area (Å²) in [6, 6.07) is 16.0. The fourth-order valence-corrected chi connectivity index (χ4v) is 2.68. The Kier molecular flexibility index (Phi) is 9.35. The first-order valence-electron chi connectivity index (χ1n) is 10.0. The van der Waals surface area contributed by atoms with E-state index in [1.54, 1.807) is 12.3 Å². The standard InChI is InChI=1S/C24H31N3O2S/c1-5-14-25-23(30)27-26-18-19-8-6-9-22(17-19)29-16-7-15-28-21-12-10-20(11-13-21)24(2,3)4/h5-6,8-13,17-18H,1,7,14-16H2,2-4H3,(H2,25,27,30)/b26-18-. The van der Waals surface area contributed by atoms with Crippen molar-refractivity contribution >= 4 is 23.5 Å². The first-order chi connectivity index (χ1) is 14.4. The van der Waals surface area contributed by atoms with E-state index < -0.39 is 0 Å². The Bertz CT molecular complexity index is 842. The van der Waals surface area contributed by atoms with Gasteiger partial charge in [-0.25, -0.2) is 0 Å². The molecule has 0 saturated carbocycles. The van der Waals surface area contributed by atoms with Gasteiger partial charge in [0, 0.05) is 13.0 Å². The molecule has 0 heterocycles. The van der Waals surface area contributed by atoms with E-state index in [0.717, 1.165) is 23.5 Å². The summed E-state index contributed by atoms with van der Waals surface area (Å²) in [7, 11) is 0. The molecular weight excluding hydrogens is 394 g/mol. The van der Waals surface area contributed by atoms with Crippen molar-refractivity contribution in [1.82, 2.24) is 10.7 Å². The summed E-state index contributed by atoms with van der Waals surface area (Å²) in [6.07, 6.45) is 4.22. The van der Waals surface area contributed by atoms with Crippen molar-refractivity contribution in [2.24, 2.45) is 5.10 Å². The topological polar surface area (TPSA) is 54.9 Å². The number of hydrogen-bond donors (Lipinski definition) is 2. The number of hydrogen-bond acceptors (Lipinski definition) is 4. The third kappa shape index (κ3) is 8.66. The molecule has 0 fully saturated rings. The molecule has 2 aromatic rings. The lowest BCUT2D eigenvalue weighted by Crippen LogP contribution is -2.31. The molecule has 0 unspecified atom stereocenters. The van der Waals surface area contributed by atoms with Gasteiger partial charge in [0.05, 0.1) is 19.4 Å². The highest BCUT2D eigenvalue weighted by Gasteiger charge is 2.12. The molecule has 0 amide bonds. The molecule has 2 N–H and O–H groups in total. The normalized spacial score (nSPS) is 11.2. The average Bonchev–Trinajstić information content (AvgIpc) is 2.72. The van der Waals surface area contributed by atoms with E-state index >= 15 is 0 Å². The predicted molar refractivity (Wildman–Crippen MR) is 129 cm³/mol. The van der Waals surface area contributed by atoms with Crippen molar-refractivity contribution in [1.29, 1.82) is 0 Å². The van der Waals surface area contributed by atoms with Crippen molar-refractivity contribution in [3.05, 3.63) is 72.3 Å². The number of hydrazone groups is 1. The fourth-order valence-electron chi connectivity index (χ4n) is 2.54. The highest BCUT2D eigenvalue weighted by molar-refractivity contribution is 7.80. The molecule has 160 valence electrons. The van der Waals surface area contributed by atoms with Crippen LogP contribution in [0.4, 0.5) is 0 Å². The van der Waals surface area contributed by atoms with E-state index in [2.05, 4.69) is 55.3 Å². The monoisotopic (exact) mass is 425 g/mol. The molecule has 0 spiro atoms. The van der Waals surface area contributed by atoms with E-state index in [4.69, 9.17) is 21.7 Å². The van der Waals surface area contributed by atoms with Crippen LogP contribution in [0.2, 0.25) is 0 Å². The molecule has 0 saturated heterocycles. The van der Waals surface area contributed by atoms with Crippen LogP contribution >= 0.6 is 12.2 Å². The Hall–Kier alpha value is -2.86. The largest absolute Gasteiger partial charge is 0.493 e. The van der Waals surface area contributed by atoms with Crippen LogP contribution in [-0.2, 0) is 5.41 Å². The second kappa shape index (κ2) is 12.0. The van der Waals surface area contributed by atoms with Crippen LogP contribution in [0.3, 0.4) is 0 Å². The van der Waals surface area contributed by atoms with E-state index in [1.165, 1.54) is 5.56 Å². The van der Waals surface area contributed by atoms with E-state index in [1.807, 2.05) is 36.4 Å². The van der Waals surface area contributed by atoms with Gasteiger partial charge < -0.3 is 14.8 Å². The van der Waals surface area contributed by atoms with Crippen LogP contribution < -0.4 is 20.2 Å². The number of benzene rings is 2. The third-order valence-corrected chi connectivity index (χ3v) is 4.43. The van der Waals surface area contributed by atoms with Gasteiger partial charge in [0.1, 0.15) is 11.5 Å². The molecular formula is C24H31N3O2S. The van der Waals surface area contributed by atoms with Gasteiger partial charge in [0.2, 0.25) is 0 Å². The number of rotatable bonds is 10. The van der Waals surface area contributed by atoms with Crippen LogP contribution in [0.5, 0.6) is 11.5 Å². The molecule has 0 aliphatic heterocycles. The number of nitrogens with one attached hydrogen (secondary N) is 2. The molecule has 0 aromatic heterocycles. The molecule has 0 radical (unpaired) electrons. The molecule has 5 nitrogen and oxygen atoms in total. The quantitative estimate of drug-likeness (QED) is 0.188. The van der Waals surface area contributed by atoms with E-state index in [-0.39, 0.29) is 5.41 Å². The van der Waals surface area contributed by atoms with Crippen molar-refractivity contribution in [2.45, 2.75) is 32.6 Å². The molecule has 0 bridgehead atoms. The fraction of sp³-hybridized carbons (Fsp3) is 0.333. The maximum atomic E-state index is 5.82. The number of ether oxygens (including phenoxy) is 2. The van der Waals surface area contributed by atoms with Gasteiger partial charge in [-0.1, -0.05) is 51.1 Å². The summed E-state index contributed by atoms with van der Waals surface area (Å²) in [4.78, 5) is 0. The first-order valence-corrected chi connectivity index (χ1v) is 10.4. The van der Waals surface area contributed by atoms with Gasteiger partial charge in [-0.2, -0.15) is 5.10 Å². The van der Waals surface area contributed by atoms with E-state index in [9.17, 15) is 0 Å². The summed E-state index contributed by atoms with van der Waals surface area (Å²) in [5.41, 5.74) is 5.12. The first kappa shape index (κ1) is 23.4. The summed E-state index contributed by atoms with van der Waals surface area (Å²) >= 11 is 5.08. The van der Waals surface area contributed by atoms with Gasteiger partial charge in [-0.05, 0) is 53.0 Å². The Morgan fingerprint density at radius 3 is 2.43 bits per heavy atom. The second-order valence-electron chi connectivity index (χ2n) is 7.77. The Morgan fingerprint density at radius 2 is 1.77 bits per heavy atom. The Balaban J connectivity index is 1.70. The van der Waals surface area contributed by atoms with Crippen LogP contribution in [0, 0.1) is 0 Å². The maximum Gasteiger partial charge on any atom is 0.187 e. The minimum atomic E-state index is 0.149. The zero-order chi connectivity index (χ0) is 21.8. The van der Waals surface area contributed by atoms with Crippen molar-refractivity contribution in [3.63, 3.8) is 0 Å². The van der Waals surface area contributed by atoms with Crippen LogP contribution in [0.1, 0.15) is 38.3 Å². The molecule has 2 aromatic carbocycles. The summed E-state index contributed by atoms with van der Waals surface area (Å²) in [5.74, 6) is 1.68. The highest BCUT2D eigenvalue weighted by Crippen LogP contribution is 2.24. The van der Waals surface area contributed by atoms with Crippen LogP contribution in [0.25, 0.3) is 0 Å². The zero-order valence-corrected chi connectivity index (χ0v) is 18.8. The van der Waals surface area contributed by atoms with Crippen molar-refractivity contribution in [2.75, 3.05) is 19.8 Å². The SMILES string of the molecule is C=CCNC(=S)N/N=C\c1cccc(OCCCOc2ccc(C(C)(C)C)cc2)c1. The van der Waals surface area contributed by atoms with Gasteiger partial charge in [0.25, 0.3) is 0 Å². The summed E-state index contributed by atoms with van der Waals surface area (Å²) in [6.45, 7) is 12.0. The van der Waals surface area contributed by atoms with E-state index in [0.29, 0.717) is 24.9 Å². The van der Waals surface area contributed by atoms with Crippen LogP contribution in [0.15, 0.2) is 66.3 Å². The van der Waals surface area contributed by atoms with Gasteiger partial charge >= 0.3 is 0 Å². The molecule has 0 aliphatic rings. The maximum absolute atomic E-state index is 5.82. The lowest BCUT2D eigenvalue weighted by atomic mass is 9.87. The number of thiocarbonyl (C=S) groups is 1. The second-order valence-corrected chi connectivity index (χ2v) is 8.17. The van der Waals surface area contributed by atoms with Crippen LogP contribution in [-0.4, -0.2) is 31.1 Å². The highest BCUT2D eigenvalue weighted by atomic mass is 32.1. The lowest BCUT2D eigenvalue weighted by Gasteiger charge is -2.19. The average molecular weight is 426 g/mol. The van der Waals surface area contributed by atoms with Gasteiger partial charge in [0.15, 0.2) is 5.11 Å². The molecule has 6 heteroatoms. The minimum Gasteiger partial charge on any atom is -0.493 e. The molecule has 0 atom stereocenters. The molecule has 30 heavy (non-hydrogen) atoms. The third-order valence-electron chi connectivity index (χ3n) is 4.19. The molecule has 0 aliphatic carbocycles. The Morgan fingerprint density at radius 1 is 1.07 bits per heavy atom. The Labute approximate surface area is 185 Å². The van der Waals surface area contributed by atoms with Gasteiger partial charge in [-0.15, -0.1) is 6.58 Å². The summed E-state index contributed by atoms with van der Waals surface area (Å²) < 4.78 is 11.6. The lowest BCUT2D eigenvalue weighted by molar-refractivity contribution is 0.247. The van der Waals surface area contributed by atoms with Crippen molar-refractivity contribution in [3.8, 4) is 11.5 Å². The van der Waals surface area contributed by atoms with Crippen molar-refractivity contribution < 1.29 is 9.47 Å². The molecule has 2 rings (SSSR count). The number of nitrogens with zero attached hydrogens (tertiary/aromatic N) is 1. The predicted octanol–water partition coefficient (Wildman–Crippen LogP) is 4.82. The van der Waals surface area contributed by atoms with Gasteiger partial charge in [-0.3, -0.25) is 5.43 Å². The minimum absolute atomic E-state index is 0.149.